The van der Waals surface area contributed by atoms with E-state index in [1.807, 2.05) is 11.8 Å². The number of Topliss-reactive ketones (excluding diaryl/α,β-unsaturated/α-hetero) is 1. The van der Waals surface area contributed by atoms with Gasteiger partial charge in [0, 0.05) is 22.0 Å². The van der Waals surface area contributed by atoms with Crippen molar-refractivity contribution in [3.05, 3.63) is 34.9 Å². The zero-order valence-corrected chi connectivity index (χ0v) is 12.3. The molecule has 5 heteroatoms. The molecule has 2 saturated heterocycles. The molecule has 21 heavy (non-hydrogen) atoms. The first-order valence-corrected chi connectivity index (χ1v) is 8.11. The topological polar surface area (TPSA) is 40.9 Å². The summed E-state index contributed by atoms with van der Waals surface area (Å²) < 4.78 is 26.6. The Kier molecular flexibility index (Phi) is 3.99. The molecule has 2 fully saturated rings. The molecule has 2 nitrogen and oxygen atoms in total. The van der Waals surface area contributed by atoms with Crippen LogP contribution in [0.25, 0.3) is 0 Å². The minimum absolute atomic E-state index is 0.0337. The van der Waals surface area contributed by atoms with Gasteiger partial charge >= 0.3 is 0 Å². The fourth-order valence-corrected chi connectivity index (χ4v) is 5.17. The van der Waals surface area contributed by atoms with Crippen molar-refractivity contribution in [3.63, 3.8) is 0 Å². The second-order valence-corrected chi connectivity index (χ2v) is 7.37. The third-order valence-corrected chi connectivity index (χ3v) is 5.98. The average Bonchev–Trinajstić information content (AvgIpc) is 2.48. The van der Waals surface area contributed by atoms with E-state index >= 15 is 0 Å². The lowest BCUT2D eigenvalue weighted by atomic mass is 9.83. The molecule has 0 amide bonds. The third kappa shape index (κ3) is 2.82. The van der Waals surface area contributed by atoms with Gasteiger partial charge in [0.25, 0.3) is 0 Å². The van der Waals surface area contributed by atoms with E-state index in [-0.39, 0.29) is 22.8 Å². The van der Waals surface area contributed by atoms with Crippen LogP contribution in [0.5, 0.6) is 0 Å². The highest BCUT2D eigenvalue weighted by Gasteiger charge is 2.36. The highest BCUT2D eigenvalue weighted by molar-refractivity contribution is 8.00. The molecule has 1 aromatic rings. The lowest BCUT2D eigenvalue weighted by Gasteiger charge is -2.38. The number of benzene rings is 1. The lowest BCUT2D eigenvalue weighted by Crippen LogP contribution is -2.33. The van der Waals surface area contributed by atoms with Crippen LogP contribution < -0.4 is 0 Å². The van der Waals surface area contributed by atoms with Crippen molar-refractivity contribution >= 4 is 17.5 Å². The van der Waals surface area contributed by atoms with Crippen molar-refractivity contribution in [2.45, 2.75) is 42.6 Å². The standard InChI is InChI=1S/C16H15F2NOS/c17-14-6-10(8-19)13(7-15(14)18)16(20)9-4-11-2-1-3-12(5-9)21-11/h6-7,9,11-12H,1-5H2. The maximum Gasteiger partial charge on any atom is 0.167 e. The third-order valence-electron chi connectivity index (χ3n) is 4.35. The van der Waals surface area contributed by atoms with Crippen molar-refractivity contribution in [1.82, 2.24) is 0 Å². The Labute approximate surface area is 126 Å². The van der Waals surface area contributed by atoms with Gasteiger partial charge < -0.3 is 0 Å². The molecular weight excluding hydrogens is 292 g/mol. The smallest absolute Gasteiger partial charge is 0.167 e. The maximum atomic E-state index is 13.4. The van der Waals surface area contributed by atoms with Gasteiger partial charge in [-0.25, -0.2) is 8.78 Å². The molecule has 0 N–H and O–H groups in total. The first kappa shape index (κ1) is 14.5. The van der Waals surface area contributed by atoms with Crippen LogP contribution in [0.2, 0.25) is 0 Å². The minimum atomic E-state index is -1.08. The van der Waals surface area contributed by atoms with Crippen LogP contribution in [0.4, 0.5) is 8.78 Å². The van der Waals surface area contributed by atoms with Crippen molar-refractivity contribution in [3.8, 4) is 6.07 Å². The molecule has 0 radical (unpaired) electrons. The predicted molar refractivity (Wildman–Crippen MR) is 77.1 cm³/mol. The molecule has 0 aromatic heterocycles. The number of hydrogen-bond acceptors (Lipinski definition) is 3. The monoisotopic (exact) mass is 307 g/mol. The van der Waals surface area contributed by atoms with Gasteiger partial charge in [-0.3, -0.25) is 4.79 Å². The fraction of sp³-hybridized carbons (Fsp3) is 0.500. The molecule has 2 bridgehead atoms. The summed E-state index contributed by atoms with van der Waals surface area (Å²) in [6.45, 7) is 0. The number of thioether (sulfide) groups is 1. The zero-order valence-electron chi connectivity index (χ0n) is 11.4. The Balaban J connectivity index is 1.88. The van der Waals surface area contributed by atoms with E-state index < -0.39 is 11.6 Å². The summed E-state index contributed by atoms with van der Waals surface area (Å²) in [7, 11) is 0. The summed E-state index contributed by atoms with van der Waals surface area (Å²) in [4.78, 5) is 12.6. The van der Waals surface area contributed by atoms with Crippen LogP contribution in [-0.2, 0) is 0 Å². The molecule has 2 heterocycles. The molecule has 1 aromatic carbocycles. The SMILES string of the molecule is N#Cc1cc(F)c(F)cc1C(=O)C1CC2CCCC(C1)S2. The predicted octanol–water partition coefficient (Wildman–Crippen LogP) is 4.08. The number of nitrogens with zero attached hydrogens (tertiary/aromatic N) is 1. The van der Waals surface area contributed by atoms with Crippen molar-refractivity contribution in [1.29, 1.82) is 5.26 Å². The number of carbonyl (C=O) groups excluding carboxylic acids is 1. The molecule has 110 valence electrons. The van der Waals surface area contributed by atoms with Crippen LogP contribution in [-0.4, -0.2) is 16.3 Å². The van der Waals surface area contributed by atoms with E-state index in [4.69, 9.17) is 5.26 Å². The maximum absolute atomic E-state index is 13.4. The van der Waals surface area contributed by atoms with Crippen LogP contribution >= 0.6 is 11.8 Å². The first-order valence-electron chi connectivity index (χ1n) is 7.17. The molecule has 2 unspecified atom stereocenters. The molecule has 2 aliphatic rings. The number of carbonyl (C=O) groups is 1. The summed E-state index contributed by atoms with van der Waals surface area (Å²) in [5.74, 6) is -2.52. The van der Waals surface area contributed by atoms with Crippen LogP contribution in [0.15, 0.2) is 12.1 Å². The van der Waals surface area contributed by atoms with E-state index in [2.05, 4.69) is 0 Å². The molecule has 3 rings (SSSR count). The summed E-state index contributed by atoms with van der Waals surface area (Å²) >= 11 is 1.95. The Morgan fingerprint density at radius 2 is 1.81 bits per heavy atom. The molecule has 2 atom stereocenters. The number of nitriles is 1. The van der Waals surface area contributed by atoms with Crippen LogP contribution in [0.3, 0.4) is 0 Å². The number of hydrogen-bond donors (Lipinski definition) is 0. The van der Waals surface area contributed by atoms with Gasteiger partial charge in [0.05, 0.1) is 11.6 Å². The zero-order chi connectivity index (χ0) is 15.0. The Morgan fingerprint density at radius 1 is 1.19 bits per heavy atom. The Hall–Kier alpha value is -1.41. The lowest BCUT2D eigenvalue weighted by molar-refractivity contribution is 0.0896. The Morgan fingerprint density at radius 3 is 2.43 bits per heavy atom. The van der Waals surface area contributed by atoms with Crippen molar-refractivity contribution in [2.75, 3.05) is 0 Å². The minimum Gasteiger partial charge on any atom is -0.294 e. The van der Waals surface area contributed by atoms with Gasteiger partial charge in [0.2, 0.25) is 0 Å². The van der Waals surface area contributed by atoms with Gasteiger partial charge in [-0.1, -0.05) is 6.42 Å². The normalized spacial score (nSPS) is 28.0. The van der Waals surface area contributed by atoms with Gasteiger partial charge in [-0.15, -0.1) is 0 Å². The number of halogens is 2. The quantitative estimate of drug-likeness (QED) is 0.773. The molecule has 2 aliphatic heterocycles. The van der Waals surface area contributed by atoms with E-state index in [9.17, 15) is 13.6 Å². The van der Waals surface area contributed by atoms with Gasteiger partial charge in [-0.2, -0.15) is 17.0 Å². The van der Waals surface area contributed by atoms with Gasteiger partial charge in [0.1, 0.15) is 0 Å². The molecular formula is C16H15F2NOS. The largest absolute Gasteiger partial charge is 0.294 e. The van der Waals surface area contributed by atoms with Crippen LogP contribution in [0.1, 0.15) is 48.0 Å². The van der Waals surface area contributed by atoms with E-state index in [0.29, 0.717) is 10.5 Å². The van der Waals surface area contributed by atoms with E-state index in [1.54, 1.807) is 6.07 Å². The second-order valence-electron chi connectivity index (χ2n) is 5.77. The number of rotatable bonds is 2. The second kappa shape index (κ2) is 5.76. The summed E-state index contributed by atoms with van der Waals surface area (Å²) in [5.41, 5.74) is -0.0336. The van der Waals surface area contributed by atoms with Crippen molar-refractivity contribution < 1.29 is 13.6 Å². The molecule has 0 spiro atoms. The highest BCUT2D eigenvalue weighted by Crippen LogP contribution is 2.44. The first-order chi connectivity index (χ1) is 10.1. The van der Waals surface area contributed by atoms with E-state index in [0.717, 1.165) is 37.8 Å². The summed E-state index contributed by atoms with van der Waals surface area (Å²) in [5, 5.41) is 10.0. The summed E-state index contributed by atoms with van der Waals surface area (Å²) in [6, 6.07) is 3.50. The number of ketones is 1. The molecule has 0 aliphatic carbocycles. The average molecular weight is 307 g/mol. The molecule has 0 saturated carbocycles. The Bertz CT molecular complexity index is 613. The van der Waals surface area contributed by atoms with Crippen molar-refractivity contribution in [2.24, 2.45) is 5.92 Å². The fourth-order valence-electron chi connectivity index (χ4n) is 3.34. The van der Waals surface area contributed by atoms with Crippen LogP contribution in [0, 0.1) is 28.9 Å². The summed E-state index contributed by atoms with van der Waals surface area (Å²) in [6.07, 6.45) is 5.01. The van der Waals surface area contributed by atoms with Gasteiger partial charge in [-0.05, 0) is 37.8 Å². The van der Waals surface area contributed by atoms with E-state index in [1.165, 1.54) is 6.42 Å². The highest BCUT2D eigenvalue weighted by atomic mass is 32.2. The van der Waals surface area contributed by atoms with Gasteiger partial charge in [0.15, 0.2) is 17.4 Å². The number of fused-ring (bicyclic) bond motifs is 2.